The molecule has 136 valence electrons. The highest BCUT2D eigenvalue weighted by molar-refractivity contribution is 5.72. The van der Waals surface area contributed by atoms with Crippen molar-refractivity contribution in [3.05, 3.63) is 72.3 Å². The Morgan fingerprint density at radius 2 is 1.42 bits per heavy atom. The molecule has 0 spiro atoms. The van der Waals surface area contributed by atoms with Gasteiger partial charge in [0.2, 0.25) is 0 Å². The third kappa shape index (κ3) is 4.17. The summed E-state index contributed by atoms with van der Waals surface area (Å²) < 4.78 is 39.0. The summed E-state index contributed by atoms with van der Waals surface area (Å²) in [6, 6.07) is 5.87. The third-order valence-corrected chi connectivity index (χ3v) is 3.75. The second-order valence-corrected chi connectivity index (χ2v) is 5.68. The molecular weight excluding hydrogens is 338 g/mol. The molecule has 0 bridgehead atoms. The van der Waals surface area contributed by atoms with Gasteiger partial charge in [-0.25, -0.2) is 8.78 Å². The molecule has 0 atom stereocenters. The normalized spacial score (nSPS) is 10.3. The Kier molecular flexibility index (Phi) is 6.28. The van der Waals surface area contributed by atoms with Crippen LogP contribution in [0.15, 0.2) is 49.6 Å². The number of hydrogen-bond acceptors (Lipinski definition) is 3. The molecule has 2 aromatic rings. The van der Waals surface area contributed by atoms with Gasteiger partial charge in [-0.1, -0.05) is 12.2 Å². The van der Waals surface area contributed by atoms with Gasteiger partial charge >= 0.3 is 5.97 Å². The molecule has 0 aromatic heterocycles. The van der Waals surface area contributed by atoms with E-state index >= 15 is 0 Å². The molecule has 0 saturated carbocycles. The number of carbonyl (C=O) groups is 1. The summed E-state index contributed by atoms with van der Waals surface area (Å²) in [7, 11) is 1.39. The summed E-state index contributed by atoms with van der Waals surface area (Å²) in [6.07, 6.45) is 3.91. The summed E-state index contributed by atoms with van der Waals surface area (Å²) in [5, 5.41) is 0. The molecule has 0 saturated heterocycles. The van der Waals surface area contributed by atoms with Crippen molar-refractivity contribution in [3.8, 4) is 22.6 Å². The van der Waals surface area contributed by atoms with Crippen molar-refractivity contribution in [3.63, 3.8) is 0 Å². The fourth-order valence-electron chi connectivity index (χ4n) is 2.73. The van der Waals surface area contributed by atoms with Crippen molar-refractivity contribution >= 4 is 5.97 Å². The number of rotatable bonds is 7. The number of benzene rings is 2. The van der Waals surface area contributed by atoms with E-state index in [0.29, 0.717) is 35.1 Å². The molecule has 0 aliphatic carbocycles. The van der Waals surface area contributed by atoms with Crippen LogP contribution in [-0.4, -0.2) is 13.1 Å². The summed E-state index contributed by atoms with van der Waals surface area (Å²) >= 11 is 0. The van der Waals surface area contributed by atoms with Crippen molar-refractivity contribution in [2.45, 2.75) is 19.8 Å². The first-order chi connectivity index (χ1) is 12.4. The molecular formula is C21H20F2O3. The van der Waals surface area contributed by atoms with E-state index in [0.717, 1.165) is 0 Å². The smallest absolute Gasteiger partial charge is 0.308 e. The highest BCUT2D eigenvalue weighted by Gasteiger charge is 2.17. The molecule has 2 aromatic carbocycles. The third-order valence-electron chi connectivity index (χ3n) is 3.75. The van der Waals surface area contributed by atoms with Gasteiger partial charge in [-0.3, -0.25) is 4.79 Å². The average Bonchev–Trinajstić information content (AvgIpc) is 2.57. The van der Waals surface area contributed by atoms with Crippen molar-refractivity contribution in [1.29, 1.82) is 0 Å². The number of allylic oxidation sites excluding steroid dienone is 2. The molecule has 0 heterocycles. The number of esters is 1. The average molecular weight is 358 g/mol. The van der Waals surface area contributed by atoms with Crippen LogP contribution in [0.3, 0.4) is 0 Å². The topological polar surface area (TPSA) is 35.5 Å². The van der Waals surface area contributed by atoms with Gasteiger partial charge in [0, 0.05) is 18.1 Å². The Morgan fingerprint density at radius 1 is 0.962 bits per heavy atom. The van der Waals surface area contributed by atoms with Crippen LogP contribution in [0.4, 0.5) is 8.78 Å². The van der Waals surface area contributed by atoms with E-state index in [4.69, 9.17) is 9.47 Å². The van der Waals surface area contributed by atoms with Crippen LogP contribution in [0.5, 0.6) is 11.5 Å². The molecule has 0 radical (unpaired) electrons. The van der Waals surface area contributed by atoms with Gasteiger partial charge < -0.3 is 9.47 Å². The second-order valence-electron chi connectivity index (χ2n) is 5.68. The van der Waals surface area contributed by atoms with Gasteiger partial charge in [0.25, 0.3) is 0 Å². The molecule has 5 heteroatoms. The molecule has 0 aliphatic rings. The number of halogens is 2. The lowest BCUT2D eigenvalue weighted by atomic mass is 9.97. The summed E-state index contributed by atoms with van der Waals surface area (Å²) in [4.78, 5) is 11.2. The van der Waals surface area contributed by atoms with Crippen LogP contribution in [-0.2, 0) is 17.6 Å². The van der Waals surface area contributed by atoms with Crippen molar-refractivity contribution in [1.82, 2.24) is 0 Å². The maximum Gasteiger partial charge on any atom is 0.308 e. The molecule has 0 N–H and O–H groups in total. The van der Waals surface area contributed by atoms with Gasteiger partial charge in [0.05, 0.1) is 7.11 Å². The molecule has 0 fully saturated rings. The number of hydrogen-bond donors (Lipinski definition) is 0. The zero-order chi connectivity index (χ0) is 19.3. The van der Waals surface area contributed by atoms with Crippen LogP contribution in [0.2, 0.25) is 0 Å². The van der Waals surface area contributed by atoms with Gasteiger partial charge in [0.1, 0.15) is 0 Å². The monoisotopic (exact) mass is 358 g/mol. The first kappa shape index (κ1) is 19.4. The molecule has 2 rings (SSSR count). The van der Waals surface area contributed by atoms with Crippen molar-refractivity contribution in [2.24, 2.45) is 0 Å². The van der Waals surface area contributed by atoms with E-state index in [1.54, 1.807) is 24.3 Å². The first-order valence-electron chi connectivity index (χ1n) is 8.00. The minimum Gasteiger partial charge on any atom is -0.493 e. The van der Waals surface area contributed by atoms with Gasteiger partial charge in [0.15, 0.2) is 23.1 Å². The lowest BCUT2D eigenvalue weighted by molar-refractivity contribution is -0.132. The van der Waals surface area contributed by atoms with Crippen LogP contribution in [0, 0.1) is 11.6 Å². The van der Waals surface area contributed by atoms with Crippen LogP contribution in [0.25, 0.3) is 11.1 Å². The minimum atomic E-state index is -0.698. The summed E-state index contributed by atoms with van der Waals surface area (Å²) in [5.74, 6) is -1.86. The lowest BCUT2D eigenvalue weighted by Gasteiger charge is -2.14. The van der Waals surface area contributed by atoms with Gasteiger partial charge in [-0.15, -0.1) is 13.2 Å². The Morgan fingerprint density at radius 3 is 1.85 bits per heavy atom. The lowest BCUT2D eigenvalue weighted by Crippen LogP contribution is -2.06. The van der Waals surface area contributed by atoms with Crippen LogP contribution >= 0.6 is 0 Å². The molecule has 0 unspecified atom stereocenters. The van der Waals surface area contributed by atoms with Gasteiger partial charge in [-0.2, -0.15) is 0 Å². The molecule has 0 amide bonds. The van der Waals surface area contributed by atoms with Crippen molar-refractivity contribution < 1.29 is 23.0 Å². The predicted molar refractivity (Wildman–Crippen MR) is 97.5 cm³/mol. The standard InChI is InChI=1S/C21H20F2O3/c1-5-7-14-9-16(11-18(22)20(14)25-4)17-10-15(8-6-2)21(19(23)12-17)26-13(3)24/h5-6,9-12H,1-2,7-8H2,3-4H3. The second kappa shape index (κ2) is 8.43. The minimum absolute atomic E-state index is 0.136. The Balaban J connectivity index is 2.63. The molecule has 0 aliphatic heterocycles. The van der Waals surface area contributed by atoms with Crippen LogP contribution in [0.1, 0.15) is 18.1 Å². The predicted octanol–water partition coefficient (Wildman–Crippen LogP) is 5.02. The zero-order valence-electron chi connectivity index (χ0n) is 14.8. The van der Waals surface area contributed by atoms with E-state index in [9.17, 15) is 13.6 Å². The SMILES string of the molecule is C=CCc1cc(-c2cc(F)c(OC(C)=O)c(CC=C)c2)cc(F)c1OC. The Bertz CT molecular complexity index is 857. The zero-order valence-corrected chi connectivity index (χ0v) is 14.8. The number of methoxy groups -OCH3 is 1. The van der Waals surface area contributed by atoms with E-state index < -0.39 is 17.6 Å². The van der Waals surface area contributed by atoms with E-state index in [1.165, 1.54) is 26.2 Å². The summed E-state index contributed by atoms with van der Waals surface area (Å²) in [6.45, 7) is 8.49. The quantitative estimate of drug-likeness (QED) is 0.396. The van der Waals surface area contributed by atoms with E-state index in [1.807, 2.05) is 0 Å². The van der Waals surface area contributed by atoms with E-state index in [-0.39, 0.29) is 11.5 Å². The maximum absolute atomic E-state index is 14.5. The first-order valence-corrected chi connectivity index (χ1v) is 8.00. The fourth-order valence-corrected chi connectivity index (χ4v) is 2.73. The molecule has 3 nitrogen and oxygen atoms in total. The summed E-state index contributed by atoms with van der Waals surface area (Å²) in [5.41, 5.74) is 2.00. The van der Waals surface area contributed by atoms with Crippen molar-refractivity contribution in [2.75, 3.05) is 7.11 Å². The molecule has 26 heavy (non-hydrogen) atoms. The Labute approximate surface area is 151 Å². The number of carbonyl (C=O) groups excluding carboxylic acids is 1. The largest absolute Gasteiger partial charge is 0.493 e. The highest BCUT2D eigenvalue weighted by Crippen LogP contribution is 2.34. The fraction of sp³-hybridized carbons (Fsp3) is 0.190. The highest BCUT2D eigenvalue weighted by atomic mass is 19.1. The Hall–Kier alpha value is -2.95. The van der Waals surface area contributed by atoms with E-state index in [2.05, 4.69) is 13.2 Å². The maximum atomic E-state index is 14.5. The van der Waals surface area contributed by atoms with Crippen LogP contribution < -0.4 is 9.47 Å². The van der Waals surface area contributed by atoms with Gasteiger partial charge in [-0.05, 0) is 48.2 Å². The number of ether oxygens (including phenoxy) is 2.